The van der Waals surface area contributed by atoms with Crippen molar-refractivity contribution in [3.8, 4) is 0 Å². The molecule has 1 aromatic heterocycles. The van der Waals surface area contributed by atoms with Crippen LogP contribution in [0.2, 0.25) is 0 Å². The van der Waals surface area contributed by atoms with E-state index < -0.39 is 0 Å². The average molecular weight is 280 g/mol. The topological polar surface area (TPSA) is 28.4 Å². The van der Waals surface area contributed by atoms with Crippen molar-refractivity contribution in [2.75, 3.05) is 13.6 Å². The van der Waals surface area contributed by atoms with Gasteiger partial charge >= 0.3 is 0 Å². The van der Waals surface area contributed by atoms with Crippen LogP contribution < -0.4 is 5.32 Å². The second-order valence-corrected chi connectivity index (χ2v) is 6.39. The quantitative estimate of drug-likeness (QED) is 0.694. The Balaban J connectivity index is 2.53. The number of nitrogens with zero attached hydrogens (tertiary/aromatic N) is 1. The zero-order valence-corrected chi connectivity index (χ0v) is 14.1. The Labute approximate surface area is 124 Å². The fourth-order valence-corrected chi connectivity index (χ4v) is 2.49. The van der Waals surface area contributed by atoms with Gasteiger partial charge in [-0.3, -0.25) is 4.90 Å². The molecule has 0 aromatic carbocycles. The fraction of sp³-hybridized carbons (Fsp3) is 0.765. The summed E-state index contributed by atoms with van der Waals surface area (Å²) in [6, 6.07) is 2.77. The lowest BCUT2D eigenvalue weighted by Crippen LogP contribution is -2.29. The molecule has 116 valence electrons. The first-order valence-corrected chi connectivity index (χ1v) is 7.93. The Morgan fingerprint density at radius 2 is 2.00 bits per heavy atom. The molecular weight excluding hydrogens is 248 g/mol. The van der Waals surface area contributed by atoms with Crippen molar-refractivity contribution < 1.29 is 4.42 Å². The van der Waals surface area contributed by atoms with Gasteiger partial charge in [0.05, 0.1) is 13.1 Å². The fourth-order valence-electron chi connectivity index (χ4n) is 2.49. The van der Waals surface area contributed by atoms with Gasteiger partial charge in [0.15, 0.2) is 0 Å². The Morgan fingerprint density at radius 3 is 2.60 bits per heavy atom. The Bertz CT molecular complexity index is 384. The summed E-state index contributed by atoms with van der Waals surface area (Å²) in [4.78, 5) is 2.38. The molecule has 0 spiro atoms. The van der Waals surface area contributed by atoms with E-state index >= 15 is 0 Å². The molecule has 0 fully saturated rings. The van der Waals surface area contributed by atoms with Gasteiger partial charge in [-0.05, 0) is 57.8 Å². The zero-order valence-electron chi connectivity index (χ0n) is 14.1. The van der Waals surface area contributed by atoms with Crippen LogP contribution >= 0.6 is 0 Å². The van der Waals surface area contributed by atoms with E-state index in [1.807, 2.05) is 0 Å². The van der Waals surface area contributed by atoms with E-state index in [1.165, 1.54) is 12.0 Å². The molecule has 0 aliphatic carbocycles. The van der Waals surface area contributed by atoms with E-state index in [-0.39, 0.29) is 0 Å². The summed E-state index contributed by atoms with van der Waals surface area (Å²) in [7, 11) is 2.18. The predicted octanol–water partition coefficient (Wildman–Crippen LogP) is 3.95. The Hall–Kier alpha value is -0.800. The van der Waals surface area contributed by atoms with Crippen LogP contribution in [0.3, 0.4) is 0 Å². The van der Waals surface area contributed by atoms with Gasteiger partial charge in [0.25, 0.3) is 0 Å². The minimum absolute atomic E-state index is 0.585. The van der Waals surface area contributed by atoms with Crippen LogP contribution in [0.25, 0.3) is 0 Å². The van der Waals surface area contributed by atoms with Gasteiger partial charge in [-0.2, -0.15) is 0 Å². The number of aryl methyl sites for hydroxylation is 1. The van der Waals surface area contributed by atoms with Crippen LogP contribution in [0.15, 0.2) is 10.5 Å². The van der Waals surface area contributed by atoms with Crippen LogP contribution in [-0.2, 0) is 13.1 Å². The normalized spacial score (nSPS) is 13.4. The largest absolute Gasteiger partial charge is 0.463 e. The molecule has 0 radical (unpaired) electrons. The van der Waals surface area contributed by atoms with Gasteiger partial charge in [-0.25, -0.2) is 0 Å². The van der Waals surface area contributed by atoms with E-state index in [0.29, 0.717) is 6.04 Å². The maximum atomic E-state index is 5.98. The minimum atomic E-state index is 0.585. The van der Waals surface area contributed by atoms with Gasteiger partial charge in [-0.1, -0.05) is 20.8 Å². The van der Waals surface area contributed by atoms with Crippen LogP contribution in [0.5, 0.6) is 0 Å². The molecule has 0 saturated heterocycles. The molecular formula is C17H32N2O. The summed E-state index contributed by atoms with van der Waals surface area (Å²) >= 11 is 0. The second-order valence-electron chi connectivity index (χ2n) is 6.39. The van der Waals surface area contributed by atoms with E-state index in [9.17, 15) is 0 Å². The van der Waals surface area contributed by atoms with Gasteiger partial charge in [-0.15, -0.1) is 0 Å². The highest BCUT2D eigenvalue weighted by Gasteiger charge is 2.14. The lowest BCUT2D eigenvalue weighted by atomic mass is 10.0. The summed E-state index contributed by atoms with van der Waals surface area (Å²) < 4.78 is 5.98. The van der Waals surface area contributed by atoms with Crippen molar-refractivity contribution in [1.29, 1.82) is 0 Å². The van der Waals surface area contributed by atoms with E-state index in [0.717, 1.165) is 43.5 Å². The first-order chi connectivity index (χ1) is 9.43. The molecule has 3 heteroatoms. The van der Waals surface area contributed by atoms with Crippen LogP contribution in [0.4, 0.5) is 0 Å². The van der Waals surface area contributed by atoms with Gasteiger partial charge in [0.1, 0.15) is 11.5 Å². The third kappa shape index (κ3) is 5.68. The minimum Gasteiger partial charge on any atom is -0.463 e. The van der Waals surface area contributed by atoms with E-state index in [4.69, 9.17) is 4.42 Å². The summed E-state index contributed by atoms with van der Waals surface area (Å²) in [5.74, 6) is 2.90. The summed E-state index contributed by atoms with van der Waals surface area (Å²) in [5.41, 5.74) is 1.26. The van der Waals surface area contributed by atoms with Gasteiger partial charge < -0.3 is 9.73 Å². The van der Waals surface area contributed by atoms with Gasteiger partial charge in [0, 0.05) is 6.04 Å². The molecule has 1 N–H and O–H groups in total. The molecule has 1 heterocycles. The molecule has 20 heavy (non-hydrogen) atoms. The molecule has 1 aromatic rings. The summed E-state index contributed by atoms with van der Waals surface area (Å²) in [6.07, 6.45) is 2.38. The highest BCUT2D eigenvalue weighted by atomic mass is 16.3. The molecule has 1 atom stereocenters. The number of hydrogen-bond acceptors (Lipinski definition) is 3. The lowest BCUT2D eigenvalue weighted by molar-refractivity contribution is 0.203. The SMILES string of the molecule is CCCNCc1oc(CN(C)C(C)CC(C)C)cc1C. The Morgan fingerprint density at radius 1 is 1.30 bits per heavy atom. The molecule has 0 aliphatic heterocycles. The van der Waals surface area contributed by atoms with Crippen molar-refractivity contribution >= 4 is 0 Å². The highest BCUT2D eigenvalue weighted by Crippen LogP contribution is 2.18. The third-order valence-electron chi connectivity index (χ3n) is 3.75. The first-order valence-electron chi connectivity index (χ1n) is 7.93. The third-order valence-corrected chi connectivity index (χ3v) is 3.75. The number of nitrogens with one attached hydrogen (secondary N) is 1. The van der Waals surface area contributed by atoms with E-state index in [2.05, 4.69) is 57.9 Å². The van der Waals surface area contributed by atoms with E-state index in [1.54, 1.807) is 0 Å². The number of hydrogen-bond donors (Lipinski definition) is 1. The van der Waals surface area contributed by atoms with Crippen molar-refractivity contribution in [1.82, 2.24) is 10.2 Å². The second kappa shape index (κ2) is 8.48. The van der Waals surface area contributed by atoms with Gasteiger partial charge in [0.2, 0.25) is 0 Å². The maximum absolute atomic E-state index is 5.98. The smallest absolute Gasteiger partial charge is 0.120 e. The average Bonchev–Trinajstić information content (AvgIpc) is 2.69. The molecule has 3 nitrogen and oxygen atoms in total. The van der Waals surface area contributed by atoms with Crippen molar-refractivity contribution in [2.24, 2.45) is 5.92 Å². The van der Waals surface area contributed by atoms with Crippen molar-refractivity contribution in [3.63, 3.8) is 0 Å². The molecule has 0 aliphatic rings. The molecule has 1 unspecified atom stereocenters. The number of rotatable bonds is 9. The molecule has 0 saturated carbocycles. The predicted molar refractivity (Wildman–Crippen MR) is 85.8 cm³/mol. The van der Waals surface area contributed by atoms with Crippen LogP contribution in [-0.4, -0.2) is 24.5 Å². The Kier molecular flexibility index (Phi) is 7.31. The summed E-state index contributed by atoms with van der Waals surface area (Å²) in [5, 5.41) is 3.40. The lowest BCUT2D eigenvalue weighted by Gasteiger charge is -2.25. The molecule has 1 rings (SSSR count). The monoisotopic (exact) mass is 280 g/mol. The zero-order chi connectivity index (χ0) is 15.1. The first kappa shape index (κ1) is 17.3. The van der Waals surface area contributed by atoms with Crippen molar-refractivity contribution in [2.45, 2.75) is 66.6 Å². The molecule has 0 amide bonds. The van der Waals surface area contributed by atoms with Crippen LogP contribution in [0, 0.1) is 12.8 Å². The van der Waals surface area contributed by atoms with Crippen molar-refractivity contribution in [3.05, 3.63) is 23.2 Å². The molecule has 0 bridgehead atoms. The summed E-state index contributed by atoms with van der Waals surface area (Å²) in [6.45, 7) is 13.9. The number of furan rings is 1. The highest BCUT2D eigenvalue weighted by molar-refractivity contribution is 5.20. The maximum Gasteiger partial charge on any atom is 0.120 e. The van der Waals surface area contributed by atoms with Crippen LogP contribution in [0.1, 0.15) is 57.6 Å². The standard InChI is InChI=1S/C17H32N2O/c1-7-8-18-11-17-14(4)10-16(20-17)12-19(6)15(5)9-13(2)3/h10,13,15,18H,7-9,11-12H2,1-6H3.